The van der Waals surface area contributed by atoms with E-state index in [2.05, 4.69) is 20.5 Å². The third-order valence-electron chi connectivity index (χ3n) is 2.22. The number of halogens is 3. The molecule has 4 nitrogen and oxygen atoms in total. The third kappa shape index (κ3) is 3.40. The van der Waals surface area contributed by atoms with Crippen LogP contribution in [0.4, 0.5) is 19.0 Å². The second-order valence-electron chi connectivity index (χ2n) is 3.76. The van der Waals surface area contributed by atoms with Crippen LogP contribution >= 0.6 is 11.3 Å². The first-order valence-corrected chi connectivity index (χ1v) is 6.43. The summed E-state index contributed by atoms with van der Waals surface area (Å²) in [6.07, 6.45) is -2.30. The Kier molecular flexibility index (Phi) is 3.98. The number of thiazole rings is 1. The van der Waals surface area contributed by atoms with Gasteiger partial charge >= 0.3 is 6.18 Å². The van der Waals surface area contributed by atoms with E-state index >= 15 is 0 Å². The quantitative estimate of drug-likeness (QED) is 0.936. The van der Waals surface area contributed by atoms with Crippen LogP contribution in [0.3, 0.4) is 0 Å². The molecule has 0 atom stereocenters. The van der Waals surface area contributed by atoms with Crippen LogP contribution in [0.1, 0.15) is 18.4 Å². The summed E-state index contributed by atoms with van der Waals surface area (Å²) in [6, 6.07) is 3.31. The van der Waals surface area contributed by atoms with Gasteiger partial charge in [-0.1, -0.05) is 6.92 Å². The highest BCUT2D eigenvalue weighted by molar-refractivity contribution is 7.15. The van der Waals surface area contributed by atoms with E-state index in [0.717, 1.165) is 19.2 Å². The van der Waals surface area contributed by atoms with E-state index in [1.165, 1.54) is 0 Å². The van der Waals surface area contributed by atoms with E-state index in [-0.39, 0.29) is 0 Å². The van der Waals surface area contributed by atoms with Gasteiger partial charge in [-0.2, -0.15) is 13.2 Å². The van der Waals surface area contributed by atoms with Gasteiger partial charge in [0.15, 0.2) is 5.01 Å². The van der Waals surface area contributed by atoms with Crippen LogP contribution < -0.4 is 5.32 Å². The van der Waals surface area contributed by atoms with E-state index in [1.54, 1.807) is 12.1 Å². The van der Waals surface area contributed by atoms with Crippen LogP contribution in [0.25, 0.3) is 10.6 Å². The van der Waals surface area contributed by atoms with Gasteiger partial charge in [0.05, 0.1) is 4.88 Å². The normalized spacial score (nSPS) is 11.6. The lowest BCUT2D eigenvalue weighted by molar-refractivity contribution is -0.137. The Morgan fingerprint density at radius 3 is 2.58 bits per heavy atom. The Labute approximate surface area is 111 Å². The molecule has 0 saturated carbocycles. The van der Waals surface area contributed by atoms with Gasteiger partial charge in [-0.25, -0.2) is 4.98 Å². The molecule has 0 bridgehead atoms. The lowest BCUT2D eigenvalue weighted by Gasteiger charge is -2.02. The molecule has 0 aliphatic rings. The van der Waals surface area contributed by atoms with Crippen molar-refractivity contribution >= 4 is 17.2 Å². The lowest BCUT2D eigenvalue weighted by atomic mass is 10.3. The van der Waals surface area contributed by atoms with Crippen LogP contribution in [-0.2, 0) is 6.18 Å². The highest BCUT2D eigenvalue weighted by Gasteiger charge is 2.34. The average molecular weight is 288 g/mol. The highest BCUT2D eigenvalue weighted by atomic mass is 32.1. The molecule has 102 valence electrons. The molecule has 1 N–H and O–H groups in total. The zero-order valence-corrected chi connectivity index (χ0v) is 10.8. The average Bonchev–Trinajstić information content (AvgIpc) is 2.86. The van der Waals surface area contributed by atoms with Crippen molar-refractivity contribution in [2.75, 3.05) is 11.9 Å². The number of alkyl halides is 3. The van der Waals surface area contributed by atoms with Crippen molar-refractivity contribution in [3.05, 3.63) is 23.3 Å². The molecular formula is C11H11F3N4S. The first-order valence-electron chi connectivity index (χ1n) is 5.61. The van der Waals surface area contributed by atoms with E-state index in [1.807, 2.05) is 6.92 Å². The molecule has 2 heterocycles. The number of nitrogens with zero attached hydrogens (tertiary/aromatic N) is 3. The Morgan fingerprint density at radius 1 is 1.26 bits per heavy atom. The van der Waals surface area contributed by atoms with Gasteiger partial charge in [0.1, 0.15) is 11.5 Å². The van der Waals surface area contributed by atoms with Crippen molar-refractivity contribution < 1.29 is 13.2 Å². The molecule has 0 aliphatic carbocycles. The van der Waals surface area contributed by atoms with E-state index in [4.69, 9.17) is 0 Å². The second kappa shape index (κ2) is 5.52. The summed E-state index contributed by atoms with van der Waals surface area (Å²) in [5.41, 5.74) is 0.384. The molecule has 19 heavy (non-hydrogen) atoms. The summed E-state index contributed by atoms with van der Waals surface area (Å²) in [6.45, 7) is 2.79. The van der Waals surface area contributed by atoms with Crippen LogP contribution in [0, 0.1) is 0 Å². The van der Waals surface area contributed by atoms with Crippen molar-refractivity contribution in [3.63, 3.8) is 0 Å². The zero-order chi connectivity index (χ0) is 13.9. The standard InChI is InChI=1S/C11H11F3N4S/c1-2-5-15-9-4-3-7(17-18-9)8-6-16-10(19-8)11(12,13)14/h3-4,6H,2,5H2,1H3,(H,15,18). The Hall–Kier alpha value is -1.70. The Balaban J connectivity index is 2.16. The summed E-state index contributed by atoms with van der Waals surface area (Å²) < 4.78 is 37.3. The van der Waals surface area contributed by atoms with Crippen LogP contribution in [0.2, 0.25) is 0 Å². The molecule has 0 amide bonds. The largest absolute Gasteiger partial charge is 0.443 e. The van der Waals surface area contributed by atoms with Crippen molar-refractivity contribution in [2.45, 2.75) is 19.5 Å². The SMILES string of the molecule is CCCNc1ccc(-c2cnc(C(F)(F)F)s2)nn1. The van der Waals surface area contributed by atoms with Gasteiger partial charge in [0, 0.05) is 12.7 Å². The van der Waals surface area contributed by atoms with Crippen LogP contribution in [0.15, 0.2) is 18.3 Å². The van der Waals surface area contributed by atoms with E-state index < -0.39 is 11.2 Å². The zero-order valence-electron chi connectivity index (χ0n) is 10.0. The number of hydrogen-bond acceptors (Lipinski definition) is 5. The summed E-state index contributed by atoms with van der Waals surface area (Å²) in [5, 5.41) is 9.95. The first kappa shape index (κ1) is 13.7. The fraction of sp³-hybridized carbons (Fsp3) is 0.364. The molecule has 0 radical (unpaired) electrons. The van der Waals surface area contributed by atoms with Crippen LogP contribution in [0.5, 0.6) is 0 Å². The van der Waals surface area contributed by atoms with Crippen molar-refractivity contribution in [2.24, 2.45) is 0 Å². The maximum atomic E-state index is 12.4. The molecule has 2 rings (SSSR count). The van der Waals surface area contributed by atoms with Crippen molar-refractivity contribution in [1.29, 1.82) is 0 Å². The van der Waals surface area contributed by atoms with Gasteiger partial charge in [0.25, 0.3) is 0 Å². The van der Waals surface area contributed by atoms with Crippen molar-refractivity contribution in [1.82, 2.24) is 15.2 Å². The molecule has 0 aliphatic heterocycles. The van der Waals surface area contributed by atoms with Gasteiger partial charge in [-0.3, -0.25) is 0 Å². The number of anilines is 1. The molecule has 0 aromatic carbocycles. The van der Waals surface area contributed by atoms with Gasteiger partial charge in [-0.15, -0.1) is 21.5 Å². The lowest BCUT2D eigenvalue weighted by Crippen LogP contribution is -2.03. The molecule has 2 aromatic rings. The Morgan fingerprint density at radius 2 is 2.05 bits per heavy atom. The van der Waals surface area contributed by atoms with Crippen molar-refractivity contribution in [3.8, 4) is 10.6 Å². The number of hydrogen-bond donors (Lipinski definition) is 1. The molecule has 0 fully saturated rings. The number of nitrogens with one attached hydrogen (secondary N) is 1. The van der Waals surface area contributed by atoms with Gasteiger partial charge in [-0.05, 0) is 18.6 Å². The van der Waals surface area contributed by atoms with Crippen LogP contribution in [-0.4, -0.2) is 21.7 Å². The van der Waals surface area contributed by atoms with E-state index in [9.17, 15) is 13.2 Å². The minimum atomic E-state index is -4.42. The van der Waals surface area contributed by atoms with E-state index in [0.29, 0.717) is 27.7 Å². The topological polar surface area (TPSA) is 50.7 Å². The summed E-state index contributed by atoms with van der Waals surface area (Å²) in [5.74, 6) is 0.603. The molecule has 8 heteroatoms. The summed E-state index contributed by atoms with van der Waals surface area (Å²) in [4.78, 5) is 3.69. The fourth-order valence-corrected chi connectivity index (χ4v) is 2.08. The molecule has 0 spiro atoms. The Bertz CT molecular complexity index is 536. The molecular weight excluding hydrogens is 277 g/mol. The molecule has 0 saturated heterocycles. The maximum Gasteiger partial charge on any atom is 0.443 e. The predicted octanol–water partition coefficient (Wildman–Crippen LogP) is 3.44. The summed E-state index contributed by atoms with van der Waals surface area (Å²) >= 11 is 0.558. The number of rotatable bonds is 4. The highest BCUT2D eigenvalue weighted by Crippen LogP contribution is 2.35. The second-order valence-corrected chi connectivity index (χ2v) is 4.79. The summed E-state index contributed by atoms with van der Waals surface area (Å²) in [7, 11) is 0. The smallest absolute Gasteiger partial charge is 0.369 e. The molecule has 2 aromatic heterocycles. The maximum absolute atomic E-state index is 12.4. The minimum Gasteiger partial charge on any atom is -0.369 e. The monoisotopic (exact) mass is 288 g/mol. The molecule has 0 unspecified atom stereocenters. The van der Waals surface area contributed by atoms with Gasteiger partial charge < -0.3 is 5.32 Å². The predicted molar refractivity (Wildman–Crippen MR) is 66.9 cm³/mol. The third-order valence-corrected chi connectivity index (χ3v) is 3.29. The van der Waals surface area contributed by atoms with Gasteiger partial charge in [0.2, 0.25) is 0 Å². The first-order chi connectivity index (χ1) is 9.00. The fourth-order valence-electron chi connectivity index (χ4n) is 1.33. The minimum absolute atomic E-state index is 0.349. The number of aromatic nitrogens is 3.